The Morgan fingerprint density at radius 1 is 1.20 bits per heavy atom. The van der Waals surface area contributed by atoms with Crippen LogP contribution in [0.5, 0.6) is 0 Å². The van der Waals surface area contributed by atoms with Gasteiger partial charge in [0, 0.05) is 6.42 Å². The van der Waals surface area contributed by atoms with Crippen LogP contribution < -0.4 is 0 Å². The summed E-state index contributed by atoms with van der Waals surface area (Å²) in [7, 11) is 0. The zero-order valence-corrected chi connectivity index (χ0v) is 9.32. The van der Waals surface area contributed by atoms with Crippen molar-refractivity contribution in [3.05, 3.63) is 25.5 Å². The lowest BCUT2D eigenvalue weighted by Gasteiger charge is -1.94. The third-order valence-electron chi connectivity index (χ3n) is 1.12. The Labute approximate surface area is 90.6 Å². The van der Waals surface area contributed by atoms with Gasteiger partial charge < -0.3 is 9.47 Å². The van der Waals surface area contributed by atoms with Gasteiger partial charge in [-0.15, -0.1) is 6.58 Å². The molecule has 4 nitrogen and oxygen atoms in total. The molecule has 0 fully saturated rings. The van der Waals surface area contributed by atoms with Crippen molar-refractivity contribution in [1.29, 1.82) is 0 Å². The molecule has 0 saturated carbocycles. The van der Waals surface area contributed by atoms with Crippen molar-refractivity contribution in [3.8, 4) is 0 Å². The highest BCUT2D eigenvalue weighted by Gasteiger charge is 1.93. The first-order valence-corrected chi connectivity index (χ1v) is 4.69. The molecule has 0 heterocycles. The summed E-state index contributed by atoms with van der Waals surface area (Å²) >= 11 is 0. The standard InChI is InChI=1S/C6H10O2.C5H8O2/c1-3-5-6(7)8-4-2;1-3-5(6)7-4-2/h3H,1,4-5H2,2H3;4H,2-3H2,1H3. The molecular formula is C11H18O4. The number of hydrogen-bond acceptors (Lipinski definition) is 4. The van der Waals surface area contributed by atoms with Gasteiger partial charge in [0.1, 0.15) is 0 Å². The second-order valence-electron chi connectivity index (χ2n) is 2.31. The molecule has 0 N–H and O–H groups in total. The third-order valence-corrected chi connectivity index (χ3v) is 1.12. The third kappa shape index (κ3) is 15.2. The predicted molar refractivity (Wildman–Crippen MR) is 58.0 cm³/mol. The summed E-state index contributed by atoms with van der Waals surface area (Å²) in [5.74, 6) is -0.447. The Morgan fingerprint density at radius 3 is 2.07 bits per heavy atom. The Hall–Kier alpha value is -1.58. The summed E-state index contributed by atoms with van der Waals surface area (Å²) in [6.45, 7) is 10.5. The maximum atomic E-state index is 10.3. The lowest BCUT2D eigenvalue weighted by atomic mass is 10.4. The van der Waals surface area contributed by atoms with Crippen molar-refractivity contribution < 1.29 is 19.1 Å². The van der Waals surface area contributed by atoms with Crippen LogP contribution >= 0.6 is 0 Å². The van der Waals surface area contributed by atoms with E-state index in [1.807, 2.05) is 0 Å². The lowest BCUT2D eigenvalue weighted by Crippen LogP contribution is -2.00. The summed E-state index contributed by atoms with van der Waals surface area (Å²) in [6, 6.07) is 0. The van der Waals surface area contributed by atoms with Gasteiger partial charge in [0.15, 0.2) is 0 Å². The van der Waals surface area contributed by atoms with E-state index < -0.39 is 0 Å². The van der Waals surface area contributed by atoms with Gasteiger partial charge in [-0.05, 0) is 6.92 Å². The number of carbonyl (C=O) groups excluding carboxylic acids is 2. The SMILES string of the molecule is C=CCC(=O)OCC.C=COC(=O)CC. The summed E-state index contributed by atoms with van der Waals surface area (Å²) in [4.78, 5) is 20.5. The zero-order valence-electron chi connectivity index (χ0n) is 9.32. The van der Waals surface area contributed by atoms with E-state index in [9.17, 15) is 9.59 Å². The summed E-state index contributed by atoms with van der Waals surface area (Å²) in [6.07, 6.45) is 3.38. The summed E-state index contributed by atoms with van der Waals surface area (Å²) in [5.41, 5.74) is 0. The fourth-order valence-electron chi connectivity index (χ4n) is 0.514. The van der Waals surface area contributed by atoms with Crippen LogP contribution in [0.2, 0.25) is 0 Å². The Kier molecular flexibility index (Phi) is 13.1. The van der Waals surface area contributed by atoms with Gasteiger partial charge in [0.25, 0.3) is 0 Å². The van der Waals surface area contributed by atoms with Crippen LogP contribution in [-0.4, -0.2) is 18.5 Å². The second kappa shape index (κ2) is 12.4. The van der Waals surface area contributed by atoms with Crippen molar-refractivity contribution >= 4 is 11.9 Å². The van der Waals surface area contributed by atoms with Crippen LogP contribution in [0.4, 0.5) is 0 Å². The van der Waals surface area contributed by atoms with Crippen molar-refractivity contribution in [2.75, 3.05) is 6.61 Å². The van der Waals surface area contributed by atoms with E-state index in [1.165, 1.54) is 6.08 Å². The Balaban J connectivity index is 0. The molecule has 0 saturated heterocycles. The highest BCUT2D eigenvalue weighted by atomic mass is 16.5. The quantitative estimate of drug-likeness (QED) is 0.400. The molecule has 0 unspecified atom stereocenters. The van der Waals surface area contributed by atoms with Crippen molar-refractivity contribution in [1.82, 2.24) is 0 Å². The molecule has 0 bridgehead atoms. The maximum Gasteiger partial charge on any atom is 0.310 e. The number of rotatable bonds is 5. The molecule has 0 atom stereocenters. The number of esters is 2. The molecule has 86 valence electrons. The van der Waals surface area contributed by atoms with Gasteiger partial charge in [0.2, 0.25) is 0 Å². The molecule has 0 aromatic carbocycles. The minimum atomic E-state index is -0.241. The molecule has 0 aliphatic carbocycles. The van der Waals surface area contributed by atoms with E-state index >= 15 is 0 Å². The van der Waals surface area contributed by atoms with Gasteiger partial charge in [-0.1, -0.05) is 19.6 Å². The van der Waals surface area contributed by atoms with Crippen LogP contribution in [0, 0.1) is 0 Å². The van der Waals surface area contributed by atoms with Gasteiger partial charge in [-0.2, -0.15) is 0 Å². The summed E-state index contributed by atoms with van der Waals surface area (Å²) < 4.78 is 8.89. The van der Waals surface area contributed by atoms with E-state index in [1.54, 1.807) is 13.8 Å². The van der Waals surface area contributed by atoms with Gasteiger partial charge >= 0.3 is 11.9 Å². The molecular weight excluding hydrogens is 196 g/mol. The van der Waals surface area contributed by atoms with Crippen molar-refractivity contribution in [3.63, 3.8) is 0 Å². The average Bonchev–Trinajstić information content (AvgIpc) is 2.20. The molecule has 0 aliphatic rings. The fraction of sp³-hybridized carbons (Fsp3) is 0.455. The van der Waals surface area contributed by atoms with Crippen LogP contribution in [0.15, 0.2) is 25.5 Å². The molecule has 0 amide bonds. The van der Waals surface area contributed by atoms with Gasteiger partial charge in [-0.25, -0.2) is 0 Å². The van der Waals surface area contributed by atoms with Gasteiger partial charge in [-0.3, -0.25) is 9.59 Å². The van der Waals surface area contributed by atoms with E-state index in [2.05, 4.69) is 22.6 Å². The van der Waals surface area contributed by atoms with Crippen LogP contribution in [0.25, 0.3) is 0 Å². The molecule has 0 rings (SSSR count). The minimum absolute atomic E-state index is 0.206. The molecule has 0 radical (unpaired) electrons. The number of ether oxygens (including phenoxy) is 2. The topological polar surface area (TPSA) is 52.6 Å². The number of hydrogen-bond donors (Lipinski definition) is 0. The lowest BCUT2D eigenvalue weighted by molar-refractivity contribution is -0.142. The van der Waals surface area contributed by atoms with Crippen LogP contribution in [0.3, 0.4) is 0 Å². The van der Waals surface area contributed by atoms with Crippen molar-refractivity contribution in [2.24, 2.45) is 0 Å². The van der Waals surface area contributed by atoms with E-state index in [4.69, 9.17) is 0 Å². The highest BCUT2D eigenvalue weighted by molar-refractivity contribution is 5.70. The molecule has 4 heteroatoms. The van der Waals surface area contributed by atoms with E-state index in [0.717, 1.165) is 6.26 Å². The zero-order chi connectivity index (χ0) is 12.1. The maximum absolute atomic E-state index is 10.3. The van der Waals surface area contributed by atoms with Crippen LogP contribution in [0.1, 0.15) is 26.7 Å². The van der Waals surface area contributed by atoms with Crippen LogP contribution in [-0.2, 0) is 19.1 Å². The molecule has 15 heavy (non-hydrogen) atoms. The largest absolute Gasteiger partial charge is 0.466 e. The first-order valence-electron chi connectivity index (χ1n) is 4.69. The summed E-state index contributed by atoms with van der Waals surface area (Å²) in [5, 5.41) is 0. The predicted octanol–water partition coefficient (Wildman–Crippen LogP) is 2.21. The van der Waals surface area contributed by atoms with Gasteiger partial charge in [0.05, 0.1) is 19.3 Å². The molecule has 0 aliphatic heterocycles. The smallest absolute Gasteiger partial charge is 0.310 e. The minimum Gasteiger partial charge on any atom is -0.466 e. The second-order valence-corrected chi connectivity index (χ2v) is 2.31. The average molecular weight is 214 g/mol. The Bertz CT molecular complexity index is 209. The monoisotopic (exact) mass is 214 g/mol. The first kappa shape index (κ1) is 15.9. The molecule has 0 aromatic rings. The number of carbonyl (C=O) groups is 2. The fourth-order valence-corrected chi connectivity index (χ4v) is 0.514. The molecule has 0 spiro atoms. The van der Waals surface area contributed by atoms with E-state index in [0.29, 0.717) is 19.4 Å². The highest BCUT2D eigenvalue weighted by Crippen LogP contribution is 1.84. The van der Waals surface area contributed by atoms with Crippen molar-refractivity contribution in [2.45, 2.75) is 26.7 Å². The van der Waals surface area contributed by atoms with E-state index in [-0.39, 0.29) is 11.9 Å². The Morgan fingerprint density at radius 2 is 1.80 bits per heavy atom. The normalized spacial score (nSPS) is 7.87. The first-order chi connectivity index (χ1) is 7.12. The molecule has 0 aromatic heterocycles.